The van der Waals surface area contributed by atoms with E-state index in [1.165, 1.54) is 19.1 Å². The normalized spacial score (nSPS) is 13.4. The fourth-order valence-corrected chi connectivity index (χ4v) is 3.76. The first-order valence-electron chi connectivity index (χ1n) is 10.4. The van der Waals surface area contributed by atoms with Gasteiger partial charge < -0.3 is 9.64 Å². The summed E-state index contributed by atoms with van der Waals surface area (Å²) in [4.78, 5) is 38.9. The number of hydrogen-bond donors (Lipinski definition) is 0. The molecule has 1 aliphatic heterocycles. The third-order valence-corrected chi connectivity index (χ3v) is 5.53. The van der Waals surface area contributed by atoms with E-state index in [1.54, 1.807) is 4.90 Å². The summed E-state index contributed by atoms with van der Waals surface area (Å²) in [6.07, 6.45) is -3.89. The highest BCUT2D eigenvalue weighted by Crippen LogP contribution is 2.30. The minimum absolute atomic E-state index is 0.0180. The van der Waals surface area contributed by atoms with Gasteiger partial charge in [0, 0.05) is 24.8 Å². The zero-order valence-electron chi connectivity index (χ0n) is 18.1. The van der Waals surface area contributed by atoms with E-state index in [-0.39, 0.29) is 11.4 Å². The van der Waals surface area contributed by atoms with Gasteiger partial charge in [0.1, 0.15) is 0 Å². The molecule has 34 heavy (non-hydrogen) atoms. The zero-order valence-corrected chi connectivity index (χ0v) is 18.1. The quantitative estimate of drug-likeness (QED) is 0.546. The summed E-state index contributed by atoms with van der Waals surface area (Å²) in [5.41, 5.74) is 0.126. The predicted octanol–water partition coefficient (Wildman–Crippen LogP) is 3.30. The van der Waals surface area contributed by atoms with Crippen LogP contribution in [0.4, 0.5) is 13.2 Å². The number of hydrogen-bond acceptors (Lipinski definition) is 5. The Morgan fingerprint density at radius 1 is 1.06 bits per heavy atom. The predicted molar refractivity (Wildman–Crippen MR) is 115 cm³/mol. The molecule has 0 saturated heterocycles. The van der Waals surface area contributed by atoms with Gasteiger partial charge in [-0.05, 0) is 42.7 Å². The highest BCUT2D eigenvalue weighted by atomic mass is 19.4. The van der Waals surface area contributed by atoms with Crippen molar-refractivity contribution in [1.29, 1.82) is 0 Å². The number of aromatic nitrogens is 2. The second kappa shape index (κ2) is 9.12. The summed E-state index contributed by atoms with van der Waals surface area (Å²) >= 11 is 0. The summed E-state index contributed by atoms with van der Waals surface area (Å²) in [5.74, 6) is -1.55. The number of halogens is 3. The lowest BCUT2D eigenvalue weighted by Gasteiger charge is -2.28. The van der Waals surface area contributed by atoms with Gasteiger partial charge in [0.25, 0.3) is 5.91 Å². The molecule has 2 aromatic carbocycles. The molecule has 0 fully saturated rings. The Morgan fingerprint density at radius 3 is 2.53 bits per heavy atom. The summed E-state index contributed by atoms with van der Waals surface area (Å²) in [6.45, 7) is 1.75. The number of amides is 1. The van der Waals surface area contributed by atoms with E-state index in [0.717, 1.165) is 34.0 Å². The first-order chi connectivity index (χ1) is 16.1. The monoisotopic (exact) mass is 471 g/mol. The Kier molecular flexibility index (Phi) is 6.23. The molecule has 1 aliphatic rings. The molecule has 10 heteroatoms. The molecule has 0 unspecified atom stereocenters. The first kappa shape index (κ1) is 23.2. The highest BCUT2D eigenvalue weighted by molar-refractivity contribution is 5.89. The average molecular weight is 471 g/mol. The SMILES string of the molecule is Cc1cc(=O)c(C(=O)OCC(=O)N2CCc3ccccc3C2)nn1-c1cccc(C(F)(F)F)c1. The fraction of sp³-hybridized carbons (Fsp3) is 0.250. The van der Waals surface area contributed by atoms with E-state index < -0.39 is 41.3 Å². The molecule has 0 saturated carbocycles. The molecule has 4 rings (SSSR count). The van der Waals surface area contributed by atoms with Crippen molar-refractivity contribution in [3.8, 4) is 5.69 Å². The van der Waals surface area contributed by atoms with Crippen LogP contribution in [0.3, 0.4) is 0 Å². The molecule has 0 atom stereocenters. The molecule has 0 aliphatic carbocycles. The molecule has 176 valence electrons. The number of fused-ring (bicyclic) bond motifs is 1. The van der Waals surface area contributed by atoms with Gasteiger partial charge in [0.15, 0.2) is 6.61 Å². The topological polar surface area (TPSA) is 81.5 Å². The van der Waals surface area contributed by atoms with Crippen molar-refractivity contribution in [2.75, 3.05) is 13.2 Å². The lowest BCUT2D eigenvalue weighted by molar-refractivity contribution is -0.137. The second-order valence-electron chi connectivity index (χ2n) is 7.87. The van der Waals surface area contributed by atoms with Crippen molar-refractivity contribution < 1.29 is 27.5 Å². The van der Waals surface area contributed by atoms with E-state index in [0.29, 0.717) is 19.5 Å². The number of carbonyl (C=O) groups is 2. The summed E-state index contributed by atoms with van der Waals surface area (Å²) in [7, 11) is 0. The van der Waals surface area contributed by atoms with Gasteiger partial charge in [-0.1, -0.05) is 30.3 Å². The largest absolute Gasteiger partial charge is 0.451 e. The third-order valence-electron chi connectivity index (χ3n) is 5.53. The van der Waals surface area contributed by atoms with Gasteiger partial charge in [0.2, 0.25) is 11.1 Å². The van der Waals surface area contributed by atoms with Crippen LogP contribution in [0.25, 0.3) is 5.69 Å². The Balaban J connectivity index is 1.50. The van der Waals surface area contributed by atoms with Crippen LogP contribution in [0, 0.1) is 6.92 Å². The van der Waals surface area contributed by atoms with Crippen molar-refractivity contribution in [2.45, 2.75) is 26.1 Å². The maximum absolute atomic E-state index is 13.1. The molecule has 1 amide bonds. The molecule has 1 aromatic heterocycles. The number of rotatable bonds is 4. The Labute approximate surface area is 192 Å². The first-order valence-corrected chi connectivity index (χ1v) is 10.4. The lowest BCUT2D eigenvalue weighted by atomic mass is 10.00. The van der Waals surface area contributed by atoms with E-state index >= 15 is 0 Å². The molecule has 0 spiro atoms. The van der Waals surface area contributed by atoms with Crippen LogP contribution in [-0.4, -0.2) is 39.7 Å². The molecule has 2 heterocycles. The molecule has 0 N–H and O–H groups in total. The van der Waals surface area contributed by atoms with Crippen LogP contribution in [-0.2, 0) is 28.7 Å². The standard InChI is InChI=1S/C24H20F3N3O4/c1-15-11-20(31)22(28-30(15)19-8-4-7-18(12-19)24(25,26)27)23(33)34-14-21(32)29-10-9-16-5-2-3-6-17(16)13-29/h2-8,11-12H,9-10,13-14H2,1H3. The van der Waals surface area contributed by atoms with Gasteiger partial charge in [0.05, 0.1) is 11.3 Å². The number of esters is 1. The van der Waals surface area contributed by atoms with Crippen LogP contribution in [0.2, 0.25) is 0 Å². The van der Waals surface area contributed by atoms with Crippen LogP contribution >= 0.6 is 0 Å². The number of carbonyl (C=O) groups excluding carboxylic acids is 2. The van der Waals surface area contributed by atoms with Gasteiger partial charge in [-0.3, -0.25) is 9.59 Å². The maximum Gasteiger partial charge on any atom is 0.416 e. The zero-order chi connectivity index (χ0) is 24.5. The minimum atomic E-state index is -4.57. The van der Waals surface area contributed by atoms with Gasteiger partial charge in [-0.2, -0.15) is 18.3 Å². The summed E-state index contributed by atoms with van der Waals surface area (Å²) in [5, 5.41) is 3.92. The molecule has 3 aromatic rings. The Bertz CT molecular complexity index is 1320. The van der Waals surface area contributed by atoms with Gasteiger partial charge in [-0.15, -0.1) is 0 Å². The average Bonchev–Trinajstić information content (AvgIpc) is 2.81. The van der Waals surface area contributed by atoms with Crippen molar-refractivity contribution >= 4 is 11.9 Å². The van der Waals surface area contributed by atoms with Crippen LogP contribution in [0.15, 0.2) is 59.4 Å². The van der Waals surface area contributed by atoms with E-state index in [4.69, 9.17) is 4.74 Å². The van der Waals surface area contributed by atoms with Gasteiger partial charge >= 0.3 is 12.1 Å². The Morgan fingerprint density at radius 2 is 1.79 bits per heavy atom. The van der Waals surface area contributed by atoms with Crippen molar-refractivity contribution in [3.05, 3.63) is 92.9 Å². The molecular weight excluding hydrogens is 451 g/mol. The second-order valence-corrected chi connectivity index (χ2v) is 7.87. The number of aryl methyl sites for hydroxylation is 1. The number of nitrogens with zero attached hydrogens (tertiary/aromatic N) is 3. The molecular formula is C24H20F3N3O4. The fourth-order valence-electron chi connectivity index (χ4n) is 3.76. The highest BCUT2D eigenvalue weighted by Gasteiger charge is 2.31. The number of ether oxygens (including phenoxy) is 1. The summed E-state index contributed by atoms with van der Waals surface area (Å²) < 4.78 is 45.3. The van der Waals surface area contributed by atoms with E-state index in [2.05, 4.69) is 5.10 Å². The maximum atomic E-state index is 13.1. The molecule has 0 bridgehead atoms. The molecule has 7 nitrogen and oxygen atoms in total. The van der Waals surface area contributed by atoms with Crippen molar-refractivity contribution in [3.63, 3.8) is 0 Å². The van der Waals surface area contributed by atoms with E-state index in [1.807, 2.05) is 24.3 Å². The van der Waals surface area contributed by atoms with E-state index in [9.17, 15) is 27.6 Å². The van der Waals surface area contributed by atoms with Crippen molar-refractivity contribution in [2.24, 2.45) is 0 Å². The van der Waals surface area contributed by atoms with Crippen LogP contribution in [0.5, 0.6) is 0 Å². The van der Waals surface area contributed by atoms with Crippen LogP contribution in [0.1, 0.15) is 32.9 Å². The Hall–Kier alpha value is -3.95. The minimum Gasteiger partial charge on any atom is -0.451 e. The lowest BCUT2D eigenvalue weighted by Crippen LogP contribution is -2.39. The van der Waals surface area contributed by atoms with Crippen LogP contribution < -0.4 is 5.43 Å². The van der Waals surface area contributed by atoms with Crippen molar-refractivity contribution in [1.82, 2.24) is 14.7 Å². The summed E-state index contributed by atoms with van der Waals surface area (Å²) in [6, 6.07) is 13.1. The smallest absolute Gasteiger partial charge is 0.416 e. The molecule has 0 radical (unpaired) electrons. The number of alkyl halides is 3. The van der Waals surface area contributed by atoms with Gasteiger partial charge in [-0.25, -0.2) is 9.48 Å². The third kappa shape index (κ3) is 4.85. The number of benzene rings is 2.